The van der Waals surface area contributed by atoms with Crippen molar-refractivity contribution in [2.75, 3.05) is 13.2 Å². The molecular weight excluding hydrogens is 602 g/mol. The molecule has 0 amide bonds. The molecule has 0 aliphatic heterocycles. The van der Waals surface area contributed by atoms with Crippen molar-refractivity contribution in [1.29, 1.82) is 0 Å². The van der Waals surface area contributed by atoms with Crippen LogP contribution in [-0.2, 0) is 25.5 Å². The molecule has 266 valence electrons. The minimum Gasteiger partial charge on any atom is -0.508 e. The maximum atomic E-state index is 14.3. The van der Waals surface area contributed by atoms with E-state index in [0.29, 0.717) is 30.1 Å². The molecule has 7 heteroatoms. The summed E-state index contributed by atoms with van der Waals surface area (Å²) < 4.78 is 11.5. The third kappa shape index (κ3) is 5.36. The van der Waals surface area contributed by atoms with E-state index in [0.717, 1.165) is 63.4 Å². The summed E-state index contributed by atoms with van der Waals surface area (Å²) in [7, 11) is 0. The zero-order valence-electron chi connectivity index (χ0n) is 30.5. The number of carbonyl (C=O) groups excluding carboxylic acids is 2. The van der Waals surface area contributed by atoms with Crippen molar-refractivity contribution in [1.82, 2.24) is 0 Å². The van der Waals surface area contributed by atoms with Gasteiger partial charge in [0.05, 0.1) is 11.5 Å². The fourth-order valence-corrected chi connectivity index (χ4v) is 12.3. The highest BCUT2D eigenvalue weighted by Gasteiger charge is 2.69. The van der Waals surface area contributed by atoms with Gasteiger partial charge in [-0.2, -0.15) is 0 Å². The number of phenols is 1. The van der Waals surface area contributed by atoms with Crippen molar-refractivity contribution >= 4 is 11.9 Å². The third-order valence-corrected chi connectivity index (χ3v) is 15.6. The molecule has 6 rings (SSSR count). The summed E-state index contributed by atoms with van der Waals surface area (Å²) >= 11 is 0. The van der Waals surface area contributed by atoms with Crippen molar-refractivity contribution in [3.63, 3.8) is 0 Å². The first-order valence-corrected chi connectivity index (χ1v) is 18.8. The summed E-state index contributed by atoms with van der Waals surface area (Å²) in [6.45, 7) is 16.9. The second-order valence-corrected chi connectivity index (χ2v) is 18.0. The van der Waals surface area contributed by atoms with Gasteiger partial charge in [0.1, 0.15) is 25.0 Å². The molecule has 2 unspecified atom stereocenters. The van der Waals surface area contributed by atoms with Crippen LogP contribution in [-0.4, -0.2) is 47.5 Å². The number of allylic oxidation sites excluding steroid dienone is 2. The lowest BCUT2D eigenvalue weighted by Crippen LogP contribution is -2.65. The summed E-state index contributed by atoms with van der Waals surface area (Å²) in [5.74, 6) is 1.58. The maximum absolute atomic E-state index is 14.3. The molecule has 0 radical (unpaired) electrons. The molecule has 0 heterocycles. The van der Waals surface area contributed by atoms with Gasteiger partial charge in [0.25, 0.3) is 0 Å². The van der Waals surface area contributed by atoms with Crippen LogP contribution in [0.15, 0.2) is 35.9 Å². The van der Waals surface area contributed by atoms with Crippen LogP contribution in [0.3, 0.4) is 0 Å². The number of esters is 2. The van der Waals surface area contributed by atoms with Crippen LogP contribution in [0, 0.1) is 56.7 Å². The van der Waals surface area contributed by atoms with E-state index >= 15 is 0 Å². The Hall–Kier alpha value is -2.38. The zero-order valence-corrected chi connectivity index (χ0v) is 30.5. The van der Waals surface area contributed by atoms with Crippen LogP contribution in [0.1, 0.15) is 112 Å². The van der Waals surface area contributed by atoms with E-state index in [4.69, 9.17) is 15.2 Å². The third-order valence-electron chi connectivity index (χ3n) is 15.6. The largest absolute Gasteiger partial charge is 0.508 e. The number of ether oxygens (including phenoxy) is 2. The van der Waals surface area contributed by atoms with Gasteiger partial charge in [-0.3, -0.25) is 9.59 Å². The molecule has 7 nitrogen and oxygen atoms in total. The van der Waals surface area contributed by atoms with Gasteiger partial charge in [0, 0.05) is 0 Å². The molecule has 0 saturated heterocycles. The highest BCUT2D eigenvalue weighted by Crippen LogP contribution is 2.75. The van der Waals surface area contributed by atoms with E-state index in [1.54, 1.807) is 24.3 Å². The molecular formula is C41H61NO6. The molecule has 0 aromatic heterocycles. The van der Waals surface area contributed by atoms with Crippen LogP contribution in [0.5, 0.6) is 5.75 Å². The minimum absolute atomic E-state index is 0.00698. The predicted molar refractivity (Wildman–Crippen MR) is 187 cm³/mol. The molecule has 0 bridgehead atoms. The molecule has 1 aromatic rings. The smallest absolute Gasteiger partial charge is 0.323 e. The Kier molecular flexibility index (Phi) is 9.18. The molecule has 5 aliphatic rings. The van der Waals surface area contributed by atoms with Crippen molar-refractivity contribution in [3.8, 4) is 5.75 Å². The highest BCUT2D eigenvalue weighted by molar-refractivity contribution is 5.79. The molecule has 48 heavy (non-hydrogen) atoms. The molecule has 11 atom stereocenters. The monoisotopic (exact) mass is 663 g/mol. The Bertz CT molecular complexity index is 1420. The van der Waals surface area contributed by atoms with E-state index in [2.05, 4.69) is 54.5 Å². The van der Waals surface area contributed by atoms with Crippen LogP contribution in [0.2, 0.25) is 0 Å². The quantitative estimate of drug-likeness (QED) is 0.158. The Morgan fingerprint density at radius 1 is 0.896 bits per heavy atom. The van der Waals surface area contributed by atoms with Crippen LogP contribution >= 0.6 is 0 Å². The number of rotatable bonds is 7. The number of nitrogens with two attached hydrogens (primary N) is 1. The van der Waals surface area contributed by atoms with Gasteiger partial charge in [-0.05, 0) is 133 Å². The lowest BCUT2D eigenvalue weighted by molar-refractivity contribution is -0.207. The molecule has 0 spiro atoms. The maximum Gasteiger partial charge on any atom is 0.323 e. The standard InChI is InChI=1S/C41H61NO6/c1-25-14-19-41(36(46)48-23-22-47-35(45)30(42)24-27-8-10-28(43)11-9-27)21-20-39(6)29(34(41)26(25)2)12-13-32-38(5)17-16-33(44)37(3,4)31(38)15-18-40(32,39)7/h8-12,25-26,30-34,43-44H,13-24,42H2,1-7H3/t25-,26+,30?,31?,32-,33+,34+,38+,39-,40-,41+/m1/s1. The van der Waals surface area contributed by atoms with Crippen molar-refractivity contribution in [2.45, 2.75) is 125 Å². The number of carbonyl (C=O) groups is 2. The Labute approximate surface area is 288 Å². The summed E-state index contributed by atoms with van der Waals surface area (Å²) in [5, 5.41) is 20.6. The Morgan fingerprint density at radius 2 is 1.58 bits per heavy atom. The summed E-state index contributed by atoms with van der Waals surface area (Å²) in [6.07, 6.45) is 11.6. The van der Waals surface area contributed by atoms with E-state index in [9.17, 15) is 19.8 Å². The first-order chi connectivity index (χ1) is 22.5. The molecule has 1 aromatic carbocycles. The van der Waals surface area contributed by atoms with Crippen molar-refractivity contribution in [3.05, 3.63) is 41.5 Å². The van der Waals surface area contributed by atoms with Gasteiger partial charge in [0.15, 0.2) is 0 Å². The van der Waals surface area contributed by atoms with E-state index in [1.165, 1.54) is 5.57 Å². The van der Waals surface area contributed by atoms with Crippen molar-refractivity contribution in [2.24, 2.45) is 62.4 Å². The average Bonchev–Trinajstić information content (AvgIpc) is 3.04. The number of aliphatic hydroxyl groups excluding tert-OH is 1. The minimum atomic E-state index is -0.838. The average molecular weight is 664 g/mol. The van der Waals surface area contributed by atoms with Gasteiger partial charge < -0.3 is 25.4 Å². The Morgan fingerprint density at radius 3 is 2.29 bits per heavy atom. The first-order valence-electron chi connectivity index (χ1n) is 18.8. The summed E-state index contributed by atoms with van der Waals surface area (Å²) in [6, 6.07) is 5.76. The topological polar surface area (TPSA) is 119 Å². The van der Waals surface area contributed by atoms with Crippen molar-refractivity contribution < 1.29 is 29.3 Å². The molecule has 4 N–H and O–H groups in total. The summed E-state index contributed by atoms with van der Waals surface area (Å²) in [4.78, 5) is 26.9. The zero-order chi connectivity index (χ0) is 34.9. The van der Waals surface area contributed by atoms with Gasteiger partial charge in [-0.15, -0.1) is 0 Å². The van der Waals surface area contributed by atoms with E-state index in [1.807, 2.05) is 0 Å². The van der Waals surface area contributed by atoms with Gasteiger partial charge >= 0.3 is 11.9 Å². The first kappa shape index (κ1) is 35.4. The normalized spacial score (nSPS) is 42.1. The predicted octanol–water partition coefficient (Wildman–Crippen LogP) is 7.37. The SMILES string of the molecule is C[C@H]1[C@H](C)CC[C@]2(C(=O)OCCOC(=O)C(N)Cc3ccc(O)cc3)CC[C@]3(C)C(=CC[C@@H]4[C@@]5(C)CC[C@H](O)C(C)(C)C5CC[C@]43C)[C@H]12. The van der Waals surface area contributed by atoms with Crippen LogP contribution in [0.25, 0.3) is 0 Å². The molecule has 5 aliphatic carbocycles. The number of aliphatic hydroxyl groups is 1. The second-order valence-electron chi connectivity index (χ2n) is 18.0. The fraction of sp³-hybridized carbons (Fsp3) is 0.756. The Balaban J connectivity index is 1.18. The lowest BCUT2D eigenvalue weighted by atomic mass is 9.33. The van der Waals surface area contributed by atoms with E-state index in [-0.39, 0.29) is 58.6 Å². The van der Waals surface area contributed by atoms with Crippen LogP contribution < -0.4 is 5.73 Å². The fourth-order valence-electron chi connectivity index (χ4n) is 12.3. The van der Waals surface area contributed by atoms with Gasteiger partial charge in [-0.1, -0.05) is 72.2 Å². The van der Waals surface area contributed by atoms with Crippen LogP contribution in [0.4, 0.5) is 0 Å². The number of hydrogen-bond donors (Lipinski definition) is 3. The highest BCUT2D eigenvalue weighted by atomic mass is 16.6. The number of aromatic hydroxyl groups is 1. The number of hydrogen-bond acceptors (Lipinski definition) is 7. The number of benzene rings is 1. The van der Waals surface area contributed by atoms with Gasteiger partial charge in [-0.25, -0.2) is 0 Å². The molecule has 4 saturated carbocycles. The number of fused-ring (bicyclic) bond motifs is 7. The van der Waals surface area contributed by atoms with E-state index < -0.39 is 17.4 Å². The lowest BCUT2D eigenvalue weighted by Gasteiger charge is -2.71. The van der Waals surface area contributed by atoms with Gasteiger partial charge in [0.2, 0.25) is 0 Å². The number of phenolic OH excluding ortho intramolecular Hbond substituents is 1. The second kappa shape index (κ2) is 12.4. The molecule has 4 fully saturated rings. The summed E-state index contributed by atoms with van der Waals surface area (Å²) in [5.41, 5.74) is 8.12.